The molecular weight excluding hydrogens is 262 g/mol. The molecule has 21 heavy (non-hydrogen) atoms. The summed E-state index contributed by atoms with van der Waals surface area (Å²) in [6, 6.07) is 8.24. The van der Waals surface area contributed by atoms with Crippen LogP contribution in [-0.4, -0.2) is 13.2 Å². The van der Waals surface area contributed by atoms with Crippen molar-refractivity contribution in [1.29, 1.82) is 0 Å². The largest absolute Gasteiger partial charge is 0.458 e. The highest BCUT2D eigenvalue weighted by Crippen LogP contribution is 2.28. The number of fused-ring (bicyclic) bond motifs is 1. The Morgan fingerprint density at radius 1 is 1.14 bits per heavy atom. The average molecular weight is 287 g/mol. The standard InChI is InChI=1S/C18H25NO2/c1-19-12-16-15-10-6-7-11-17(15)21-18(16)13-20-14-8-4-2-3-5-9-14/h6-7,10-11,14,19H,2-5,8-9,12-13H2,1H3. The van der Waals surface area contributed by atoms with E-state index in [0.29, 0.717) is 12.7 Å². The van der Waals surface area contributed by atoms with E-state index in [-0.39, 0.29) is 0 Å². The number of hydrogen-bond acceptors (Lipinski definition) is 3. The molecule has 1 N–H and O–H groups in total. The Bertz CT molecular complexity index is 568. The summed E-state index contributed by atoms with van der Waals surface area (Å²) >= 11 is 0. The molecule has 1 aromatic carbocycles. The Morgan fingerprint density at radius 2 is 1.90 bits per heavy atom. The summed E-state index contributed by atoms with van der Waals surface area (Å²) in [5.41, 5.74) is 2.20. The minimum atomic E-state index is 0.406. The van der Waals surface area contributed by atoms with Gasteiger partial charge in [0, 0.05) is 17.5 Å². The molecule has 0 bridgehead atoms. The molecule has 1 saturated carbocycles. The van der Waals surface area contributed by atoms with Crippen molar-refractivity contribution in [1.82, 2.24) is 5.32 Å². The Labute approximate surface area is 126 Å². The Kier molecular flexibility index (Phi) is 4.94. The minimum absolute atomic E-state index is 0.406. The van der Waals surface area contributed by atoms with Crippen LogP contribution in [-0.2, 0) is 17.9 Å². The molecule has 1 fully saturated rings. The molecule has 3 heteroatoms. The second-order valence-electron chi connectivity index (χ2n) is 5.95. The van der Waals surface area contributed by atoms with E-state index in [9.17, 15) is 0 Å². The second kappa shape index (κ2) is 7.10. The lowest BCUT2D eigenvalue weighted by Gasteiger charge is -2.14. The van der Waals surface area contributed by atoms with Gasteiger partial charge in [-0.25, -0.2) is 0 Å². The third-order valence-electron chi connectivity index (χ3n) is 4.39. The molecule has 1 aliphatic carbocycles. The topological polar surface area (TPSA) is 34.4 Å². The van der Waals surface area contributed by atoms with Gasteiger partial charge in [0.2, 0.25) is 0 Å². The number of rotatable bonds is 5. The first-order chi connectivity index (χ1) is 10.4. The summed E-state index contributed by atoms with van der Waals surface area (Å²) in [6.07, 6.45) is 8.11. The van der Waals surface area contributed by atoms with Crippen molar-refractivity contribution in [3.05, 3.63) is 35.6 Å². The fourth-order valence-electron chi connectivity index (χ4n) is 3.24. The van der Waals surface area contributed by atoms with Crippen LogP contribution in [0.25, 0.3) is 11.0 Å². The highest BCUT2D eigenvalue weighted by atomic mass is 16.5. The highest BCUT2D eigenvalue weighted by Gasteiger charge is 2.17. The van der Waals surface area contributed by atoms with Gasteiger partial charge in [0.15, 0.2) is 0 Å². The smallest absolute Gasteiger partial charge is 0.135 e. The van der Waals surface area contributed by atoms with E-state index in [1.807, 2.05) is 19.2 Å². The third-order valence-corrected chi connectivity index (χ3v) is 4.39. The van der Waals surface area contributed by atoms with Gasteiger partial charge in [-0.3, -0.25) is 0 Å². The maximum absolute atomic E-state index is 6.14. The molecule has 0 amide bonds. The first kappa shape index (κ1) is 14.6. The molecule has 0 spiro atoms. The van der Waals surface area contributed by atoms with Crippen molar-refractivity contribution in [3.8, 4) is 0 Å². The van der Waals surface area contributed by atoms with Crippen LogP contribution in [0, 0.1) is 0 Å². The van der Waals surface area contributed by atoms with Crippen LogP contribution in [0.15, 0.2) is 28.7 Å². The van der Waals surface area contributed by atoms with Gasteiger partial charge in [-0.05, 0) is 26.0 Å². The zero-order chi connectivity index (χ0) is 14.5. The minimum Gasteiger partial charge on any atom is -0.458 e. The maximum atomic E-state index is 6.14. The van der Waals surface area contributed by atoms with Crippen LogP contribution in [0.1, 0.15) is 49.8 Å². The lowest BCUT2D eigenvalue weighted by atomic mass is 10.1. The first-order valence-corrected chi connectivity index (χ1v) is 8.14. The van der Waals surface area contributed by atoms with Gasteiger partial charge < -0.3 is 14.5 Å². The van der Waals surface area contributed by atoms with Crippen molar-refractivity contribution in [3.63, 3.8) is 0 Å². The molecule has 2 aromatic rings. The van der Waals surface area contributed by atoms with E-state index in [2.05, 4.69) is 17.4 Å². The van der Waals surface area contributed by atoms with Gasteiger partial charge >= 0.3 is 0 Å². The molecule has 0 radical (unpaired) electrons. The molecule has 1 heterocycles. The normalized spacial score (nSPS) is 17.2. The monoisotopic (exact) mass is 287 g/mol. The number of nitrogens with one attached hydrogen (secondary N) is 1. The molecule has 0 saturated heterocycles. The van der Waals surface area contributed by atoms with Crippen LogP contribution >= 0.6 is 0 Å². The van der Waals surface area contributed by atoms with Gasteiger partial charge in [0.25, 0.3) is 0 Å². The molecule has 3 nitrogen and oxygen atoms in total. The average Bonchev–Trinajstić information content (AvgIpc) is 2.69. The van der Waals surface area contributed by atoms with Crippen LogP contribution < -0.4 is 5.32 Å². The Hall–Kier alpha value is -1.32. The molecule has 0 unspecified atom stereocenters. The van der Waals surface area contributed by atoms with Crippen LogP contribution in [0.2, 0.25) is 0 Å². The van der Waals surface area contributed by atoms with Crippen molar-refractivity contribution < 1.29 is 9.15 Å². The molecule has 0 aliphatic heterocycles. The SMILES string of the molecule is CNCc1c(COC2CCCCCC2)oc2ccccc12. The number of hydrogen-bond donors (Lipinski definition) is 1. The van der Waals surface area contributed by atoms with E-state index in [4.69, 9.17) is 9.15 Å². The van der Waals surface area contributed by atoms with E-state index >= 15 is 0 Å². The van der Waals surface area contributed by atoms with E-state index in [1.165, 1.54) is 49.5 Å². The highest BCUT2D eigenvalue weighted by molar-refractivity contribution is 5.82. The summed E-state index contributed by atoms with van der Waals surface area (Å²) in [5, 5.41) is 4.44. The first-order valence-electron chi connectivity index (χ1n) is 8.14. The fraction of sp³-hybridized carbons (Fsp3) is 0.556. The molecule has 1 aliphatic rings. The lowest BCUT2D eigenvalue weighted by molar-refractivity contribution is 0.0221. The Balaban J connectivity index is 1.74. The van der Waals surface area contributed by atoms with E-state index in [1.54, 1.807) is 0 Å². The van der Waals surface area contributed by atoms with Crippen molar-refractivity contribution in [2.24, 2.45) is 0 Å². The van der Waals surface area contributed by atoms with Crippen molar-refractivity contribution >= 4 is 11.0 Å². The third kappa shape index (κ3) is 3.47. The van der Waals surface area contributed by atoms with Gasteiger partial charge in [-0.1, -0.05) is 43.9 Å². The number of furan rings is 1. The molecule has 3 rings (SSSR count). The van der Waals surface area contributed by atoms with Crippen molar-refractivity contribution in [2.45, 2.75) is 57.8 Å². The predicted octanol–water partition coefficient (Wildman–Crippen LogP) is 4.39. The summed E-state index contributed by atoms with van der Waals surface area (Å²) in [7, 11) is 1.97. The predicted molar refractivity (Wildman–Crippen MR) is 85.3 cm³/mol. The lowest BCUT2D eigenvalue weighted by Crippen LogP contribution is -2.13. The van der Waals surface area contributed by atoms with E-state index < -0.39 is 0 Å². The Morgan fingerprint density at radius 3 is 2.67 bits per heavy atom. The van der Waals surface area contributed by atoms with Gasteiger partial charge in [-0.15, -0.1) is 0 Å². The molecular formula is C18H25NO2. The number of benzene rings is 1. The zero-order valence-electron chi connectivity index (χ0n) is 12.9. The van der Waals surface area contributed by atoms with Gasteiger partial charge in [0.05, 0.1) is 6.10 Å². The molecule has 1 aromatic heterocycles. The quantitative estimate of drug-likeness (QED) is 0.828. The number of ether oxygens (including phenoxy) is 1. The summed E-state index contributed by atoms with van der Waals surface area (Å²) in [4.78, 5) is 0. The van der Waals surface area contributed by atoms with E-state index in [0.717, 1.165) is 17.9 Å². The van der Waals surface area contributed by atoms with Gasteiger partial charge in [0.1, 0.15) is 18.0 Å². The summed E-state index contributed by atoms with van der Waals surface area (Å²) in [6.45, 7) is 1.41. The number of para-hydroxylation sites is 1. The maximum Gasteiger partial charge on any atom is 0.135 e. The van der Waals surface area contributed by atoms with Crippen LogP contribution in [0.4, 0.5) is 0 Å². The fourth-order valence-corrected chi connectivity index (χ4v) is 3.24. The van der Waals surface area contributed by atoms with Gasteiger partial charge in [-0.2, -0.15) is 0 Å². The molecule has 0 atom stereocenters. The second-order valence-corrected chi connectivity index (χ2v) is 5.95. The van der Waals surface area contributed by atoms with Crippen LogP contribution in [0.3, 0.4) is 0 Å². The molecule has 114 valence electrons. The van der Waals surface area contributed by atoms with Crippen LogP contribution in [0.5, 0.6) is 0 Å². The summed E-state index contributed by atoms with van der Waals surface area (Å²) in [5.74, 6) is 0.981. The summed E-state index contributed by atoms with van der Waals surface area (Å²) < 4.78 is 12.2. The van der Waals surface area contributed by atoms with Crippen molar-refractivity contribution in [2.75, 3.05) is 7.05 Å². The zero-order valence-corrected chi connectivity index (χ0v) is 12.9.